The van der Waals surface area contributed by atoms with Gasteiger partial charge in [-0.05, 0) is 49.8 Å². The highest BCUT2D eigenvalue weighted by Crippen LogP contribution is 2.29. The molecular weight excluding hydrogens is 250 g/mol. The number of fused-ring (bicyclic) bond motifs is 2. The number of piperidine rings is 1. The zero-order valence-electron chi connectivity index (χ0n) is 12.1. The molecule has 2 aliphatic rings. The van der Waals surface area contributed by atoms with Crippen molar-refractivity contribution < 1.29 is 4.79 Å². The minimum absolute atomic E-state index is 0.271. The SMILES string of the molecule is CN(C(=O)CCc1ccncc1)C1CC2CCC(C1)N2. The van der Waals surface area contributed by atoms with Gasteiger partial charge in [0.2, 0.25) is 5.91 Å². The molecule has 1 N–H and O–H groups in total. The summed E-state index contributed by atoms with van der Waals surface area (Å²) >= 11 is 0. The van der Waals surface area contributed by atoms with Gasteiger partial charge in [-0.15, -0.1) is 0 Å². The second-order valence-corrected chi connectivity index (χ2v) is 6.12. The van der Waals surface area contributed by atoms with E-state index in [9.17, 15) is 4.79 Å². The molecule has 3 rings (SSSR count). The molecule has 20 heavy (non-hydrogen) atoms. The van der Waals surface area contributed by atoms with E-state index in [1.165, 1.54) is 18.4 Å². The molecule has 3 heterocycles. The molecule has 0 radical (unpaired) electrons. The van der Waals surface area contributed by atoms with Crippen molar-refractivity contribution in [1.29, 1.82) is 0 Å². The molecule has 2 unspecified atom stereocenters. The van der Waals surface area contributed by atoms with E-state index in [4.69, 9.17) is 0 Å². The molecule has 2 atom stereocenters. The van der Waals surface area contributed by atoms with Gasteiger partial charge in [-0.1, -0.05) is 0 Å². The van der Waals surface area contributed by atoms with Crippen molar-refractivity contribution >= 4 is 5.91 Å². The Morgan fingerprint density at radius 3 is 2.60 bits per heavy atom. The second-order valence-electron chi connectivity index (χ2n) is 6.12. The van der Waals surface area contributed by atoms with Crippen molar-refractivity contribution in [2.45, 2.75) is 56.7 Å². The number of nitrogens with one attached hydrogen (secondary N) is 1. The van der Waals surface area contributed by atoms with Gasteiger partial charge in [0.1, 0.15) is 0 Å². The third-order valence-corrected chi connectivity index (χ3v) is 4.77. The highest BCUT2D eigenvalue weighted by Gasteiger charge is 2.36. The van der Waals surface area contributed by atoms with E-state index in [2.05, 4.69) is 10.3 Å². The number of carbonyl (C=O) groups excluding carboxylic acids is 1. The third-order valence-electron chi connectivity index (χ3n) is 4.77. The Labute approximate surface area is 120 Å². The molecule has 4 nitrogen and oxygen atoms in total. The lowest BCUT2D eigenvalue weighted by Crippen LogP contribution is -2.48. The van der Waals surface area contributed by atoms with Crippen LogP contribution in [0.2, 0.25) is 0 Å². The van der Waals surface area contributed by atoms with Crippen LogP contribution in [-0.4, -0.2) is 41.0 Å². The fourth-order valence-corrected chi connectivity index (χ4v) is 3.52. The monoisotopic (exact) mass is 273 g/mol. The van der Waals surface area contributed by atoms with Gasteiger partial charge in [-0.25, -0.2) is 0 Å². The maximum Gasteiger partial charge on any atom is 0.222 e. The van der Waals surface area contributed by atoms with Crippen molar-refractivity contribution in [1.82, 2.24) is 15.2 Å². The number of nitrogens with zero attached hydrogens (tertiary/aromatic N) is 2. The molecule has 1 amide bonds. The molecule has 0 aliphatic carbocycles. The van der Waals surface area contributed by atoms with Gasteiger partial charge < -0.3 is 10.2 Å². The van der Waals surface area contributed by atoms with E-state index in [-0.39, 0.29) is 5.91 Å². The van der Waals surface area contributed by atoms with E-state index in [1.54, 1.807) is 12.4 Å². The van der Waals surface area contributed by atoms with E-state index in [0.29, 0.717) is 24.5 Å². The first-order valence-corrected chi connectivity index (χ1v) is 7.63. The summed E-state index contributed by atoms with van der Waals surface area (Å²) in [6, 6.07) is 5.66. The minimum Gasteiger partial charge on any atom is -0.343 e. The number of hydrogen-bond donors (Lipinski definition) is 1. The van der Waals surface area contributed by atoms with E-state index < -0.39 is 0 Å². The summed E-state index contributed by atoms with van der Waals surface area (Å²) in [5.41, 5.74) is 1.19. The van der Waals surface area contributed by atoms with E-state index in [1.807, 2.05) is 24.1 Å². The van der Waals surface area contributed by atoms with Gasteiger partial charge >= 0.3 is 0 Å². The predicted molar refractivity (Wildman–Crippen MR) is 78.3 cm³/mol. The maximum atomic E-state index is 12.3. The fraction of sp³-hybridized carbons (Fsp3) is 0.625. The van der Waals surface area contributed by atoms with Crippen LogP contribution >= 0.6 is 0 Å². The topological polar surface area (TPSA) is 45.2 Å². The lowest BCUT2D eigenvalue weighted by atomic mass is 9.98. The van der Waals surface area contributed by atoms with Crippen LogP contribution in [-0.2, 0) is 11.2 Å². The largest absolute Gasteiger partial charge is 0.343 e. The Bertz CT molecular complexity index is 450. The Balaban J connectivity index is 1.52. The summed E-state index contributed by atoms with van der Waals surface area (Å²) in [6.07, 6.45) is 9.77. The number of rotatable bonds is 4. The van der Waals surface area contributed by atoms with Crippen LogP contribution in [0.1, 0.15) is 37.7 Å². The first kappa shape index (κ1) is 13.6. The molecule has 2 aliphatic heterocycles. The lowest BCUT2D eigenvalue weighted by molar-refractivity contribution is -0.132. The van der Waals surface area contributed by atoms with Crippen LogP contribution in [0.4, 0.5) is 0 Å². The number of aromatic nitrogens is 1. The highest BCUT2D eigenvalue weighted by molar-refractivity contribution is 5.76. The highest BCUT2D eigenvalue weighted by atomic mass is 16.2. The Morgan fingerprint density at radius 1 is 1.30 bits per heavy atom. The quantitative estimate of drug-likeness (QED) is 0.909. The van der Waals surface area contributed by atoms with Gasteiger partial charge in [0.15, 0.2) is 0 Å². The number of amides is 1. The number of hydrogen-bond acceptors (Lipinski definition) is 3. The third kappa shape index (κ3) is 3.01. The molecule has 0 spiro atoms. The minimum atomic E-state index is 0.271. The van der Waals surface area contributed by atoms with Crippen LogP contribution in [0, 0.1) is 0 Å². The van der Waals surface area contributed by atoms with Crippen LogP contribution in [0.5, 0.6) is 0 Å². The summed E-state index contributed by atoms with van der Waals surface area (Å²) in [6.45, 7) is 0. The Kier molecular flexibility index (Phi) is 4.01. The maximum absolute atomic E-state index is 12.3. The molecule has 4 heteroatoms. The van der Waals surface area contributed by atoms with E-state index in [0.717, 1.165) is 19.3 Å². The number of aryl methyl sites for hydroxylation is 1. The molecule has 1 aromatic heterocycles. The smallest absolute Gasteiger partial charge is 0.222 e. The van der Waals surface area contributed by atoms with Gasteiger partial charge in [0.25, 0.3) is 0 Å². The zero-order valence-corrected chi connectivity index (χ0v) is 12.1. The van der Waals surface area contributed by atoms with Gasteiger partial charge in [-0.2, -0.15) is 0 Å². The first-order chi connectivity index (χ1) is 9.72. The molecular formula is C16H23N3O. The summed E-state index contributed by atoms with van der Waals surface area (Å²) in [7, 11) is 1.98. The van der Waals surface area contributed by atoms with E-state index >= 15 is 0 Å². The lowest BCUT2D eigenvalue weighted by Gasteiger charge is -2.35. The van der Waals surface area contributed by atoms with Crippen molar-refractivity contribution in [3.63, 3.8) is 0 Å². The van der Waals surface area contributed by atoms with Gasteiger partial charge in [0, 0.05) is 44.0 Å². The summed E-state index contributed by atoms with van der Waals surface area (Å²) in [5, 5.41) is 3.63. The molecule has 0 saturated carbocycles. The van der Waals surface area contributed by atoms with Crippen LogP contribution in [0.15, 0.2) is 24.5 Å². The number of pyridine rings is 1. The van der Waals surface area contributed by atoms with Gasteiger partial charge in [-0.3, -0.25) is 9.78 Å². The zero-order chi connectivity index (χ0) is 13.9. The molecule has 1 aromatic rings. The Morgan fingerprint density at radius 2 is 1.95 bits per heavy atom. The summed E-state index contributed by atoms with van der Waals surface area (Å²) < 4.78 is 0. The first-order valence-electron chi connectivity index (χ1n) is 7.63. The molecule has 2 saturated heterocycles. The van der Waals surface area contributed by atoms with Crippen LogP contribution < -0.4 is 5.32 Å². The van der Waals surface area contributed by atoms with Gasteiger partial charge in [0.05, 0.1) is 0 Å². The normalized spacial score (nSPS) is 28.4. The molecule has 2 fully saturated rings. The summed E-state index contributed by atoms with van der Waals surface area (Å²) in [5.74, 6) is 0.271. The van der Waals surface area contributed by atoms with Crippen LogP contribution in [0.3, 0.4) is 0 Å². The molecule has 0 aromatic carbocycles. The average molecular weight is 273 g/mol. The second kappa shape index (κ2) is 5.92. The van der Waals surface area contributed by atoms with Crippen molar-refractivity contribution in [3.8, 4) is 0 Å². The molecule has 108 valence electrons. The summed E-state index contributed by atoms with van der Waals surface area (Å²) in [4.78, 5) is 18.3. The molecule has 2 bridgehead atoms. The van der Waals surface area contributed by atoms with Crippen molar-refractivity contribution in [2.75, 3.05) is 7.05 Å². The van der Waals surface area contributed by atoms with Crippen LogP contribution in [0.25, 0.3) is 0 Å². The number of carbonyl (C=O) groups is 1. The fourth-order valence-electron chi connectivity index (χ4n) is 3.52. The van der Waals surface area contributed by atoms with Crippen molar-refractivity contribution in [3.05, 3.63) is 30.1 Å². The predicted octanol–water partition coefficient (Wildman–Crippen LogP) is 1.76. The standard InChI is InChI=1S/C16H23N3O/c1-19(15-10-13-3-4-14(11-15)18-13)16(20)5-2-12-6-8-17-9-7-12/h6-9,13-15,18H,2-5,10-11H2,1H3. The average Bonchev–Trinajstić information content (AvgIpc) is 2.83. The Hall–Kier alpha value is -1.42. The van der Waals surface area contributed by atoms with Crippen molar-refractivity contribution in [2.24, 2.45) is 0 Å².